The van der Waals surface area contributed by atoms with Crippen LogP contribution >= 0.6 is 0 Å². The standard InChI is InChI=1S/C38H38F3N5O5/c1-4-21-49-30-11-5-26(6-12-30)25-45-17-19-46(20-18-45)37(48)34-22-28-9-15-32(23-33(28)44(34)3)50-35-16-10-29(24-42-35)43(2)36(47)27-7-13-31(14-8-27)51-38(39,40)41/h5-16,22-24H,4,17-21,25H2,1-3H3. The van der Waals surface area contributed by atoms with E-state index in [9.17, 15) is 22.8 Å². The molecule has 0 bridgehead atoms. The Kier molecular flexibility index (Phi) is 10.5. The molecular weight excluding hydrogens is 663 g/mol. The number of hydrogen-bond acceptors (Lipinski definition) is 7. The van der Waals surface area contributed by atoms with Crippen LogP contribution in [0.15, 0.2) is 91.1 Å². The Balaban J connectivity index is 1.04. The first-order valence-electron chi connectivity index (χ1n) is 16.6. The molecule has 0 saturated carbocycles. The first-order valence-corrected chi connectivity index (χ1v) is 16.6. The molecule has 0 aliphatic carbocycles. The highest BCUT2D eigenvalue weighted by atomic mass is 19.4. The van der Waals surface area contributed by atoms with Gasteiger partial charge in [0.25, 0.3) is 11.8 Å². The van der Waals surface area contributed by atoms with Gasteiger partial charge in [-0.05, 0) is 72.6 Å². The fraction of sp³-hybridized carbons (Fsp3) is 0.289. The number of rotatable bonds is 11. The zero-order chi connectivity index (χ0) is 36.1. The van der Waals surface area contributed by atoms with Gasteiger partial charge in [-0.15, -0.1) is 13.2 Å². The third-order valence-corrected chi connectivity index (χ3v) is 8.67. The number of benzene rings is 3. The van der Waals surface area contributed by atoms with Gasteiger partial charge < -0.3 is 28.6 Å². The number of carbonyl (C=O) groups is 2. The highest BCUT2D eigenvalue weighted by Gasteiger charge is 2.31. The molecule has 3 aromatic carbocycles. The van der Waals surface area contributed by atoms with Gasteiger partial charge in [0, 0.05) is 69.9 Å². The predicted octanol–water partition coefficient (Wildman–Crippen LogP) is 7.29. The molecule has 13 heteroatoms. The van der Waals surface area contributed by atoms with Gasteiger partial charge in [0.05, 0.1) is 24.0 Å². The fourth-order valence-corrected chi connectivity index (χ4v) is 5.88. The minimum atomic E-state index is -4.82. The van der Waals surface area contributed by atoms with E-state index < -0.39 is 18.0 Å². The number of hydrogen-bond donors (Lipinski definition) is 0. The van der Waals surface area contributed by atoms with Gasteiger partial charge in [-0.1, -0.05) is 19.1 Å². The molecule has 1 aliphatic heterocycles. The van der Waals surface area contributed by atoms with Crippen molar-refractivity contribution in [2.45, 2.75) is 26.3 Å². The monoisotopic (exact) mass is 701 g/mol. The first-order chi connectivity index (χ1) is 24.5. The van der Waals surface area contributed by atoms with Crippen LogP contribution in [-0.2, 0) is 13.6 Å². The number of alkyl halides is 3. The van der Waals surface area contributed by atoms with Crippen molar-refractivity contribution in [2.75, 3.05) is 44.7 Å². The smallest absolute Gasteiger partial charge is 0.494 e. The molecule has 0 unspecified atom stereocenters. The molecular formula is C38H38F3N5O5. The average Bonchev–Trinajstić information content (AvgIpc) is 3.46. The van der Waals surface area contributed by atoms with Crippen LogP contribution in [-0.4, -0.2) is 77.4 Å². The molecule has 0 N–H and O–H groups in total. The lowest BCUT2D eigenvalue weighted by Crippen LogP contribution is -2.48. The third-order valence-electron chi connectivity index (χ3n) is 8.67. The van der Waals surface area contributed by atoms with Crippen molar-refractivity contribution in [3.63, 3.8) is 0 Å². The second-order valence-corrected chi connectivity index (χ2v) is 12.3. The fourth-order valence-electron chi connectivity index (χ4n) is 5.88. The largest absolute Gasteiger partial charge is 0.573 e. The third kappa shape index (κ3) is 8.61. The van der Waals surface area contributed by atoms with Gasteiger partial charge in [0.2, 0.25) is 5.88 Å². The minimum Gasteiger partial charge on any atom is -0.494 e. The molecule has 2 amide bonds. The number of carbonyl (C=O) groups excluding carboxylic acids is 2. The van der Waals surface area contributed by atoms with Crippen molar-refractivity contribution >= 4 is 28.4 Å². The van der Waals surface area contributed by atoms with Gasteiger partial charge >= 0.3 is 6.36 Å². The molecule has 0 spiro atoms. The van der Waals surface area contributed by atoms with Crippen molar-refractivity contribution in [3.05, 3.63) is 108 Å². The number of piperazine rings is 1. The van der Waals surface area contributed by atoms with Crippen molar-refractivity contribution in [1.29, 1.82) is 0 Å². The van der Waals surface area contributed by atoms with Crippen LogP contribution in [0.25, 0.3) is 10.9 Å². The highest BCUT2D eigenvalue weighted by molar-refractivity contribution is 6.05. The van der Waals surface area contributed by atoms with E-state index in [0.717, 1.165) is 54.8 Å². The Bertz CT molecular complexity index is 1970. The van der Waals surface area contributed by atoms with E-state index in [-0.39, 0.29) is 17.4 Å². The summed E-state index contributed by atoms with van der Waals surface area (Å²) in [4.78, 5) is 36.4. The molecule has 1 saturated heterocycles. The lowest BCUT2D eigenvalue weighted by Gasteiger charge is -2.34. The molecule has 3 heterocycles. The predicted molar refractivity (Wildman–Crippen MR) is 186 cm³/mol. The minimum absolute atomic E-state index is 0.0187. The maximum Gasteiger partial charge on any atom is 0.573 e. The molecule has 0 radical (unpaired) electrons. The van der Waals surface area contributed by atoms with E-state index in [4.69, 9.17) is 9.47 Å². The van der Waals surface area contributed by atoms with Crippen LogP contribution in [0.3, 0.4) is 0 Å². The van der Waals surface area contributed by atoms with E-state index in [1.54, 1.807) is 18.2 Å². The van der Waals surface area contributed by atoms with Gasteiger partial charge in [0.1, 0.15) is 22.9 Å². The number of nitrogens with zero attached hydrogens (tertiary/aromatic N) is 5. The average molecular weight is 702 g/mol. The Morgan fingerprint density at radius 1 is 0.863 bits per heavy atom. The zero-order valence-corrected chi connectivity index (χ0v) is 28.5. The quantitative estimate of drug-likeness (QED) is 0.143. The van der Waals surface area contributed by atoms with Crippen molar-refractivity contribution in [2.24, 2.45) is 7.05 Å². The summed E-state index contributed by atoms with van der Waals surface area (Å²) in [5.74, 6) is 0.816. The maximum atomic E-state index is 13.6. The summed E-state index contributed by atoms with van der Waals surface area (Å²) in [6, 6.07) is 23.6. The summed E-state index contributed by atoms with van der Waals surface area (Å²) < 4.78 is 54.8. The number of anilines is 1. The number of aryl methyl sites for hydroxylation is 1. The van der Waals surface area contributed by atoms with Crippen molar-refractivity contribution in [3.8, 4) is 23.1 Å². The first kappa shape index (κ1) is 35.3. The van der Waals surface area contributed by atoms with E-state index in [2.05, 4.69) is 33.7 Å². The van der Waals surface area contributed by atoms with E-state index in [0.29, 0.717) is 36.8 Å². The Morgan fingerprint density at radius 3 is 2.20 bits per heavy atom. The second kappa shape index (κ2) is 15.1. The molecule has 266 valence electrons. The van der Waals surface area contributed by atoms with Gasteiger partial charge in [-0.2, -0.15) is 0 Å². The number of ether oxygens (including phenoxy) is 3. The van der Waals surface area contributed by atoms with Gasteiger partial charge in [-0.3, -0.25) is 14.5 Å². The summed E-state index contributed by atoms with van der Waals surface area (Å²) in [6.07, 6.45) is -2.38. The van der Waals surface area contributed by atoms with Crippen LogP contribution in [0.1, 0.15) is 39.8 Å². The number of halogens is 3. The van der Waals surface area contributed by atoms with Crippen molar-refractivity contribution in [1.82, 2.24) is 19.4 Å². The van der Waals surface area contributed by atoms with E-state index in [1.807, 2.05) is 46.8 Å². The molecule has 6 rings (SSSR count). The molecule has 2 aromatic heterocycles. The Morgan fingerprint density at radius 2 is 1.55 bits per heavy atom. The lowest BCUT2D eigenvalue weighted by atomic mass is 10.2. The topological polar surface area (TPSA) is 89.4 Å². The van der Waals surface area contributed by atoms with E-state index in [1.165, 1.54) is 35.8 Å². The normalized spacial score (nSPS) is 13.6. The molecule has 51 heavy (non-hydrogen) atoms. The maximum absolute atomic E-state index is 13.6. The summed E-state index contributed by atoms with van der Waals surface area (Å²) in [5, 5.41) is 0.902. The van der Waals surface area contributed by atoms with Crippen LogP contribution < -0.4 is 19.1 Å². The molecule has 5 aromatic rings. The van der Waals surface area contributed by atoms with Crippen LogP contribution in [0.4, 0.5) is 18.9 Å². The number of fused-ring (bicyclic) bond motifs is 1. The van der Waals surface area contributed by atoms with Crippen molar-refractivity contribution < 1.29 is 37.0 Å². The molecule has 0 atom stereocenters. The molecule has 1 fully saturated rings. The van der Waals surface area contributed by atoms with Crippen LogP contribution in [0.2, 0.25) is 0 Å². The number of aromatic nitrogens is 2. The lowest BCUT2D eigenvalue weighted by molar-refractivity contribution is -0.274. The van der Waals surface area contributed by atoms with Gasteiger partial charge in [-0.25, -0.2) is 4.98 Å². The zero-order valence-electron chi connectivity index (χ0n) is 28.5. The second-order valence-electron chi connectivity index (χ2n) is 12.3. The van der Waals surface area contributed by atoms with Crippen LogP contribution in [0, 0.1) is 0 Å². The summed E-state index contributed by atoms with van der Waals surface area (Å²) in [6.45, 7) is 6.45. The Hall–Kier alpha value is -5.56. The molecule has 10 nitrogen and oxygen atoms in total. The van der Waals surface area contributed by atoms with Crippen LogP contribution in [0.5, 0.6) is 23.1 Å². The van der Waals surface area contributed by atoms with Gasteiger partial charge in [0.15, 0.2) is 0 Å². The highest BCUT2D eigenvalue weighted by Crippen LogP contribution is 2.29. The summed E-state index contributed by atoms with van der Waals surface area (Å²) in [7, 11) is 3.40. The number of pyridine rings is 1. The number of amides is 2. The SMILES string of the molecule is CCCOc1ccc(CN2CCN(C(=O)c3cc4ccc(Oc5ccc(N(C)C(=O)c6ccc(OC(F)(F)F)cc6)cn5)cc4n3C)CC2)cc1. The Labute approximate surface area is 293 Å². The van der Waals surface area contributed by atoms with E-state index >= 15 is 0 Å². The molecule has 1 aliphatic rings. The summed E-state index contributed by atoms with van der Waals surface area (Å²) >= 11 is 0. The summed E-state index contributed by atoms with van der Waals surface area (Å²) in [5.41, 5.74) is 3.27.